The number of pyridine rings is 1. The molecule has 1 saturated carbocycles. The van der Waals surface area contributed by atoms with Crippen molar-refractivity contribution in [3.05, 3.63) is 28.0 Å². The van der Waals surface area contributed by atoms with Crippen LogP contribution >= 0.6 is 23.2 Å². The van der Waals surface area contributed by atoms with Gasteiger partial charge in [-0.3, -0.25) is 4.79 Å². The summed E-state index contributed by atoms with van der Waals surface area (Å²) in [5.41, 5.74) is 0.362. The summed E-state index contributed by atoms with van der Waals surface area (Å²) in [7, 11) is 0. The number of nitrogens with one attached hydrogen (secondary N) is 1. The van der Waals surface area contributed by atoms with Gasteiger partial charge < -0.3 is 10.4 Å². The number of aromatic nitrogens is 1. The lowest BCUT2D eigenvalue weighted by Crippen LogP contribution is -2.42. The Balaban J connectivity index is 2.07. The molecule has 2 atom stereocenters. The number of hydrogen-bond donors (Lipinski definition) is 2. The molecule has 1 aromatic heterocycles. The molecule has 2 N–H and O–H groups in total. The number of carbonyl (C=O) groups excluding carboxylic acids is 1. The van der Waals surface area contributed by atoms with E-state index in [0.29, 0.717) is 5.56 Å². The van der Waals surface area contributed by atoms with Crippen LogP contribution in [-0.4, -0.2) is 28.1 Å². The molecule has 4 nitrogen and oxygen atoms in total. The molecule has 1 heterocycles. The second-order valence-electron chi connectivity index (χ2n) is 4.79. The van der Waals surface area contributed by atoms with Crippen molar-refractivity contribution < 1.29 is 9.90 Å². The van der Waals surface area contributed by atoms with Crippen LogP contribution < -0.4 is 5.32 Å². The minimum atomic E-state index is -0.487. The van der Waals surface area contributed by atoms with Gasteiger partial charge in [-0.2, -0.15) is 0 Å². The van der Waals surface area contributed by atoms with E-state index in [0.717, 1.165) is 32.1 Å². The van der Waals surface area contributed by atoms with Crippen molar-refractivity contribution in [2.45, 2.75) is 44.2 Å². The molecule has 0 radical (unpaired) electrons. The third kappa shape index (κ3) is 4.06. The molecule has 19 heavy (non-hydrogen) atoms. The lowest BCUT2D eigenvalue weighted by molar-refractivity contribution is 0.0818. The molecule has 0 bridgehead atoms. The SMILES string of the molecule is O=C(NC1CCCCCC1O)c1cc(Cl)nc(Cl)c1. The molecule has 1 fully saturated rings. The standard InChI is InChI=1S/C13H16Cl2N2O2/c14-11-6-8(7-12(15)17-11)13(19)16-9-4-2-1-3-5-10(9)18/h6-7,9-10,18H,1-5H2,(H,16,19). The Morgan fingerprint density at radius 3 is 2.53 bits per heavy atom. The van der Waals surface area contributed by atoms with Crippen molar-refractivity contribution in [3.8, 4) is 0 Å². The predicted molar refractivity (Wildman–Crippen MR) is 74.6 cm³/mol. The van der Waals surface area contributed by atoms with E-state index in [1.54, 1.807) is 0 Å². The summed E-state index contributed by atoms with van der Waals surface area (Å²) >= 11 is 11.5. The molecule has 0 saturated heterocycles. The van der Waals surface area contributed by atoms with Crippen LogP contribution in [0.15, 0.2) is 12.1 Å². The van der Waals surface area contributed by atoms with Crippen molar-refractivity contribution in [1.82, 2.24) is 10.3 Å². The van der Waals surface area contributed by atoms with Gasteiger partial charge in [0.2, 0.25) is 0 Å². The van der Waals surface area contributed by atoms with Gasteiger partial charge in [-0.25, -0.2) is 4.98 Å². The van der Waals surface area contributed by atoms with Crippen LogP contribution in [0, 0.1) is 0 Å². The second kappa shape index (κ2) is 6.55. The fourth-order valence-electron chi connectivity index (χ4n) is 2.30. The van der Waals surface area contributed by atoms with Crippen molar-refractivity contribution in [2.24, 2.45) is 0 Å². The van der Waals surface area contributed by atoms with E-state index < -0.39 is 6.10 Å². The summed E-state index contributed by atoms with van der Waals surface area (Å²) in [6, 6.07) is 2.72. The lowest BCUT2D eigenvalue weighted by Gasteiger charge is -2.21. The highest BCUT2D eigenvalue weighted by Crippen LogP contribution is 2.19. The Kier molecular flexibility index (Phi) is 5.02. The highest BCUT2D eigenvalue weighted by Gasteiger charge is 2.23. The smallest absolute Gasteiger partial charge is 0.251 e. The van der Waals surface area contributed by atoms with Crippen molar-refractivity contribution in [1.29, 1.82) is 0 Å². The van der Waals surface area contributed by atoms with Crippen molar-refractivity contribution in [3.63, 3.8) is 0 Å². The number of nitrogens with zero attached hydrogens (tertiary/aromatic N) is 1. The predicted octanol–water partition coefficient (Wildman–Crippen LogP) is 2.81. The van der Waals surface area contributed by atoms with E-state index in [1.807, 2.05) is 0 Å². The van der Waals surface area contributed by atoms with Crippen LogP contribution in [0.4, 0.5) is 0 Å². The van der Waals surface area contributed by atoms with E-state index in [4.69, 9.17) is 23.2 Å². The topological polar surface area (TPSA) is 62.2 Å². The molecular weight excluding hydrogens is 287 g/mol. The second-order valence-corrected chi connectivity index (χ2v) is 5.56. The van der Waals surface area contributed by atoms with Gasteiger partial charge in [-0.05, 0) is 25.0 Å². The molecule has 2 unspecified atom stereocenters. The van der Waals surface area contributed by atoms with Gasteiger partial charge in [0.25, 0.3) is 5.91 Å². The first-order valence-electron chi connectivity index (χ1n) is 6.38. The maximum Gasteiger partial charge on any atom is 0.251 e. The summed E-state index contributed by atoms with van der Waals surface area (Å²) in [5, 5.41) is 13.2. The van der Waals surface area contributed by atoms with Gasteiger partial charge in [0, 0.05) is 5.56 Å². The van der Waals surface area contributed by atoms with E-state index in [9.17, 15) is 9.90 Å². The lowest BCUT2D eigenvalue weighted by atomic mass is 10.1. The molecule has 1 aliphatic rings. The molecule has 104 valence electrons. The van der Waals surface area contributed by atoms with Crippen LogP contribution in [0.5, 0.6) is 0 Å². The minimum Gasteiger partial charge on any atom is -0.391 e. The fourth-order valence-corrected chi connectivity index (χ4v) is 2.76. The number of carbonyl (C=O) groups is 1. The molecule has 1 aliphatic carbocycles. The molecule has 1 amide bonds. The number of halogens is 2. The third-order valence-corrected chi connectivity index (χ3v) is 3.71. The summed E-state index contributed by atoms with van der Waals surface area (Å²) in [5.74, 6) is -0.280. The zero-order valence-corrected chi connectivity index (χ0v) is 11.9. The Labute approximate surface area is 122 Å². The Hall–Kier alpha value is -0.840. The summed E-state index contributed by atoms with van der Waals surface area (Å²) in [6.45, 7) is 0. The first-order chi connectivity index (χ1) is 9.06. The highest BCUT2D eigenvalue weighted by atomic mass is 35.5. The molecule has 2 rings (SSSR count). The normalized spacial score (nSPS) is 23.7. The van der Waals surface area contributed by atoms with Crippen molar-refractivity contribution >= 4 is 29.1 Å². The van der Waals surface area contributed by atoms with E-state index in [2.05, 4.69) is 10.3 Å². The molecule has 0 aromatic carbocycles. The molecular formula is C13H16Cl2N2O2. The number of amides is 1. The maximum atomic E-state index is 12.1. The maximum absolute atomic E-state index is 12.1. The van der Waals surface area contributed by atoms with Gasteiger partial charge in [-0.15, -0.1) is 0 Å². The van der Waals surface area contributed by atoms with Crippen LogP contribution in [0.2, 0.25) is 10.3 Å². The molecule has 6 heteroatoms. The number of aliphatic hydroxyl groups is 1. The number of rotatable bonds is 2. The summed E-state index contributed by atoms with van der Waals surface area (Å²) in [6.07, 6.45) is 4.14. The van der Waals surface area contributed by atoms with Gasteiger partial charge in [-0.1, -0.05) is 42.5 Å². The Morgan fingerprint density at radius 1 is 1.21 bits per heavy atom. The van der Waals surface area contributed by atoms with Gasteiger partial charge >= 0.3 is 0 Å². The average Bonchev–Trinajstić information content (AvgIpc) is 2.54. The zero-order valence-electron chi connectivity index (χ0n) is 10.4. The van der Waals surface area contributed by atoms with Crippen LogP contribution in [-0.2, 0) is 0 Å². The van der Waals surface area contributed by atoms with Crippen molar-refractivity contribution in [2.75, 3.05) is 0 Å². The van der Waals surface area contributed by atoms with Crippen LogP contribution in [0.1, 0.15) is 42.5 Å². The first-order valence-corrected chi connectivity index (χ1v) is 7.14. The molecule has 1 aromatic rings. The Morgan fingerprint density at radius 2 is 1.84 bits per heavy atom. The molecule has 0 aliphatic heterocycles. The minimum absolute atomic E-state index is 0.180. The summed E-state index contributed by atoms with van der Waals surface area (Å²) < 4.78 is 0. The van der Waals surface area contributed by atoms with Crippen LogP contribution in [0.25, 0.3) is 0 Å². The highest BCUT2D eigenvalue weighted by molar-refractivity contribution is 6.33. The van der Waals surface area contributed by atoms with Gasteiger partial charge in [0.15, 0.2) is 0 Å². The molecule has 0 spiro atoms. The summed E-state index contributed by atoms with van der Waals surface area (Å²) in [4.78, 5) is 15.9. The Bertz CT molecular complexity index is 448. The van der Waals surface area contributed by atoms with Crippen LogP contribution in [0.3, 0.4) is 0 Å². The zero-order chi connectivity index (χ0) is 13.8. The monoisotopic (exact) mass is 302 g/mol. The quantitative estimate of drug-likeness (QED) is 0.652. The van der Waals surface area contributed by atoms with Gasteiger partial charge in [0.05, 0.1) is 12.1 Å². The van der Waals surface area contributed by atoms with Gasteiger partial charge in [0.1, 0.15) is 10.3 Å². The third-order valence-electron chi connectivity index (χ3n) is 3.32. The largest absolute Gasteiger partial charge is 0.391 e. The number of hydrogen-bond acceptors (Lipinski definition) is 3. The first kappa shape index (κ1) is 14.6. The van der Waals surface area contributed by atoms with E-state index in [1.165, 1.54) is 12.1 Å². The van der Waals surface area contributed by atoms with E-state index in [-0.39, 0.29) is 22.3 Å². The average molecular weight is 303 g/mol. The number of aliphatic hydroxyl groups excluding tert-OH is 1. The fraction of sp³-hybridized carbons (Fsp3) is 0.538. The van der Waals surface area contributed by atoms with E-state index >= 15 is 0 Å².